The standard InChI is InChI=1S/C21H20N2O6/c1-2-27-11-16-15-5-3-4-6-17(15)29-19(16)21(26)28-12-18(24)23-14-9-7-13(8-10-14)20(22)25/h3-10H,2,11-12H2,1H3,(H2,22,25)(H,23,24). The zero-order chi connectivity index (χ0) is 20.8. The molecule has 0 aliphatic heterocycles. The topological polar surface area (TPSA) is 121 Å². The number of carbonyl (C=O) groups is 3. The van der Waals surface area contributed by atoms with Gasteiger partial charge in [0.15, 0.2) is 6.61 Å². The number of nitrogens with two attached hydrogens (primary N) is 1. The van der Waals surface area contributed by atoms with Gasteiger partial charge < -0.3 is 24.9 Å². The number of anilines is 1. The largest absolute Gasteiger partial charge is 0.450 e. The van der Waals surface area contributed by atoms with E-state index in [4.69, 9.17) is 19.6 Å². The number of ether oxygens (including phenoxy) is 2. The Balaban J connectivity index is 1.65. The minimum absolute atomic E-state index is 0.0123. The lowest BCUT2D eigenvalue weighted by Gasteiger charge is -2.07. The van der Waals surface area contributed by atoms with Crippen LogP contribution in [0.15, 0.2) is 52.9 Å². The average molecular weight is 396 g/mol. The number of amides is 2. The van der Waals surface area contributed by atoms with Crippen LogP contribution in [0.3, 0.4) is 0 Å². The number of fused-ring (bicyclic) bond motifs is 1. The maximum Gasteiger partial charge on any atom is 0.375 e. The molecule has 2 aromatic carbocycles. The van der Waals surface area contributed by atoms with Gasteiger partial charge in [-0.3, -0.25) is 9.59 Å². The van der Waals surface area contributed by atoms with Gasteiger partial charge in [-0.15, -0.1) is 0 Å². The van der Waals surface area contributed by atoms with Crippen molar-refractivity contribution in [1.29, 1.82) is 0 Å². The summed E-state index contributed by atoms with van der Waals surface area (Å²) in [7, 11) is 0. The third-order valence-corrected chi connectivity index (χ3v) is 4.12. The molecule has 0 spiro atoms. The summed E-state index contributed by atoms with van der Waals surface area (Å²) in [5.41, 5.74) is 7.05. The number of hydrogen-bond donors (Lipinski definition) is 2. The molecule has 0 saturated carbocycles. The Morgan fingerprint density at radius 3 is 2.48 bits per heavy atom. The number of benzene rings is 2. The Morgan fingerprint density at radius 2 is 1.79 bits per heavy atom. The predicted octanol–water partition coefficient (Wildman–Crippen LogP) is 2.86. The summed E-state index contributed by atoms with van der Waals surface area (Å²) in [6.45, 7) is 2.02. The zero-order valence-corrected chi connectivity index (χ0v) is 15.8. The molecule has 150 valence electrons. The van der Waals surface area contributed by atoms with Crippen molar-refractivity contribution in [1.82, 2.24) is 0 Å². The van der Waals surface area contributed by atoms with Gasteiger partial charge in [0.25, 0.3) is 5.91 Å². The van der Waals surface area contributed by atoms with Crippen LogP contribution in [0.2, 0.25) is 0 Å². The van der Waals surface area contributed by atoms with Crippen LogP contribution in [0.5, 0.6) is 0 Å². The summed E-state index contributed by atoms with van der Waals surface area (Å²) in [6.07, 6.45) is 0. The molecular formula is C21H20N2O6. The molecule has 3 N–H and O–H groups in total. The lowest BCUT2D eigenvalue weighted by Crippen LogP contribution is -2.21. The van der Waals surface area contributed by atoms with E-state index >= 15 is 0 Å². The number of primary amides is 1. The molecule has 0 unspecified atom stereocenters. The molecule has 0 atom stereocenters. The molecule has 0 fully saturated rings. The van der Waals surface area contributed by atoms with Crippen LogP contribution in [-0.2, 0) is 20.9 Å². The van der Waals surface area contributed by atoms with Crippen molar-refractivity contribution in [3.8, 4) is 0 Å². The van der Waals surface area contributed by atoms with Crippen molar-refractivity contribution in [3.05, 3.63) is 65.4 Å². The maximum absolute atomic E-state index is 12.5. The first-order valence-corrected chi connectivity index (χ1v) is 8.94. The molecule has 0 radical (unpaired) electrons. The first-order chi connectivity index (χ1) is 14.0. The summed E-state index contributed by atoms with van der Waals surface area (Å²) >= 11 is 0. The highest BCUT2D eigenvalue weighted by Gasteiger charge is 2.22. The lowest BCUT2D eigenvalue weighted by atomic mass is 10.1. The number of rotatable bonds is 8. The molecule has 1 heterocycles. The Bertz CT molecular complexity index is 1040. The fourth-order valence-corrected chi connectivity index (χ4v) is 2.72. The Kier molecular flexibility index (Phi) is 6.25. The normalized spacial score (nSPS) is 10.7. The third kappa shape index (κ3) is 4.80. The molecule has 0 aliphatic carbocycles. The highest BCUT2D eigenvalue weighted by atomic mass is 16.5. The second kappa shape index (κ2) is 9.03. The number of para-hydroxylation sites is 1. The van der Waals surface area contributed by atoms with Gasteiger partial charge in [0, 0.05) is 28.8 Å². The summed E-state index contributed by atoms with van der Waals surface area (Å²) in [5, 5.41) is 3.32. The number of esters is 1. The monoisotopic (exact) mass is 396 g/mol. The maximum atomic E-state index is 12.5. The number of nitrogens with one attached hydrogen (secondary N) is 1. The molecule has 8 heteroatoms. The Hall–Kier alpha value is -3.65. The molecule has 0 bridgehead atoms. The van der Waals surface area contributed by atoms with E-state index in [1.807, 2.05) is 19.1 Å². The van der Waals surface area contributed by atoms with Crippen LogP contribution >= 0.6 is 0 Å². The first kappa shape index (κ1) is 20.1. The molecule has 1 aromatic heterocycles. The highest BCUT2D eigenvalue weighted by Crippen LogP contribution is 2.27. The lowest BCUT2D eigenvalue weighted by molar-refractivity contribution is -0.119. The minimum atomic E-state index is -0.755. The zero-order valence-electron chi connectivity index (χ0n) is 15.8. The van der Waals surface area contributed by atoms with E-state index in [0.29, 0.717) is 29.0 Å². The van der Waals surface area contributed by atoms with E-state index in [2.05, 4.69) is 5.32 Å². The molecule has 3 rings (SSSR count). The summed E-state index contributed by atoms with van der Waals surface area (Å²) in [5.74, 6) is -1.84. The van der Waals surface area contributed by atoms with Crippen molar-refractivity contribution >= 4 is 34.4 Å². The third-order valence-electron chi connectivity index (χ3n) is 4.12. The fourth-order valence-electron chi connectivity index (χ4n) is 2.72. The minimum Gasteiger partial charge on any atom is -0.450 e. The van der Waals surface area contributed by atoms with Gasteiger partial charge in [-0.1, -0.05) is 18.2 Å². The average Bonchev–Trinajstić information content (AvgIpc) is 3.09. The van der Waals surface area contributed by atoms with Crippen LogP contribution in [0.1, 0.15) is 33.4 Å². The van der Waals surface area contributed by atoms with E-state index in [1.165, 1.54) is 24.3 Å². The van der Waals surface area contributed by atoms with Crippen molar-refractivity contribution in [2.75, 3.05) is 18.5 Å². The van der Waals surface area contributed by atoms with E-state index in [9.17, 15) is 14.4 Å². The van der Waals surface area contributed by atoms with Crippen molar-refractivity contribution in [2.45, 2.75) is 13.5 Å². The smallest absolute Gasteiger partial charge is 0.375 e. The van der Waals surface area contributed by atoms with Gasteiger partial charge in [-0.2, -0.15) is 0 Å². The molecule has 29 heavy (non-hydrogen) atoms. The highest BCUT2D eigenvalue weighted by molar-refractivity contribution is 5.98. The van der Waals surface area contributed by atoms with Gasteiger partial charge in [0.05, 0.1) is 6.61 Å². The first-order valence-electron chi connectivity index (χ1n) is 8.94. The number of furan rings is 1. The predicted molar refractivity (Wildman–Crippen MR) is 105 cm³/mol. The molecule has 0 saturated heterocycles. The number of carbonyl (C=O) groups excluding carboxylic acids is 3. The van der Waals surface area contributed by atoms with E-state index in [0.717, 1.165) is 5.39 Å². The molecule has 3 aromatic rings. The second-order valence-corrected chi connectivity index (χ2v) is 6.11. The van der Waals surface area contributed by atoms with Gasteiger partial charge >= 0.3 is 5.97 Å². The summed E-state index contributed by atoms with van der Waals surface area (Å²) < 4.78 is 16.1. The van der Waals surface area contributed by atoms with Crippen molar-refractivity contribution in [2.24, 2.45) is 5.73 Å². The van der Waals surface area contributed by atoms with Crippen molar-refractivity contribution < 1.29 is 28.3 Å². The Morgan fingerprint density at radius 1 is 1.07 bits per heavy atom. The van der Waals surface area contributed by atoms with Crippen LogP contribution in [-0.4, -0.2) is 31.0 Å². The summed E-state index contributed by atoms with van der Waals surface area (Å²) in [4.78, 5) is 35.6. The molecule has 0 aliphatic rings. The SMILES string of the molecule is CCOCc1c(C(=O)OCC(=O)Nc2ccc(C(N)=O)cc2)oc2ccccc12. The Labute approximate surface area is 166 Å². The van der Waals surface area contributed by atoms with Crippen LogP contribution in [0.25, 0.3) is 11.0 Å². The molecular weight excluding hydrogens is 376 g/mol. The van der Waals surface area contributed by atoms with Gasteiger partial charge in [-0.05, 0) is 37.3 Å². The van der Waals surface area contributed by atoms with Crippen LogP contribution in [0.4, 0.5) is 5.69 Å². The number of hydrogen-bond acceptors (Lipinski definition) is 6. The molecule has 2 amide bonds. The quantitative estimate of drug-likeness (QED) is 0.565. The second-order valence-electron chi connectivity index (χ2n) is 6.11. The van der Waals surface area contributed by atoms with Crippen LogP contribution < -0.4 is 11.1 Å². The van der Waals surface area contributed by atoms with Gasteiger partial charge in [-0.25, -0.2) is 4.79 Å². The van der Waals surface area contributed by atoms with E-state index in [1.54, 1.807) is 12.1 Å². The van der Waals surface area contributed by atoms with Gasteiger partial charge in [0.2, 0.25) is 11.7 Å². The van der Waals surface area contributed by atoms with E-state index in [-0.39, 0.29) is 12.4 Å². The van der Waals surface area contributed by atoms with Crippen LogP contribution in [0, 0.1) is 0 Å². The van der Waals surface area contributed by atoms with Crippen molar-refractivity contribution in [3.63, 3.8) is 0 Å². The van der Waals surface area contributed by atoms with Gasteiger partial charge in [0.1, 0.15) is 5.58 Å². The fraction of sp³-hybridized carbons (Fsp3) is 0.190. The molecule has 8 nitrogen and oxygen atoms in total. The van der Waals surface area contributed by atoms with E-state index < -0.39 is 24.4 Å². The summed E-state index contributed by atoms with van der Waals surface area (Å²) in [6, 6.07) is 13.2.